The maximum atomic E-state index is 13.0. The van der Waals surface area contributed by atoms with Crippen molar-refractivity contribution in [2.45, 2.75) is 19.3 Å². The molecule has 158 valence electrons. The number of aromatic nitrogens is 3. The number of carbonyl (C=O) groups is 1. The number of rotatable bonds is 3. The molecule has 1 aliphatic carbocycles. The summed E-state index contributed by atoms with van der Waals surface area (Å²) in [7, 11) is 0. The van der Waals surface area contributed by atoms with Gasteiger partial charge in [-0.05, 0) is 43.0 Å². The molecule has 2 fully saturated rings. The number of carbonyl (C=O) groups excluding carboxylic acids is 1. The maximum absolute atomic E-state index is 13.0. The summed E-state index contributed by atoms with van der Waals surface area (Å²) in [5.74, 6) is 1.26. The third-order valence-electron chi connectivity index (χ3n) is 6.89. The average molecular weight is 452 g/mol. The number of fused-ring (bicyclic) bond motifs is 4. The van der Waals surface area contributed by atoms with E-state index in [2.05, 4.69) is 37.9 Å². The van der Waals surface area contributed by atoms with Gasteiger partial charge in [0, 0.05) is 29.6 Å². The zero-order valence-electron chi connectivity index (χ0n) is 16.8. The lowest BCUT2D eigenvalue weighted by atomic mass is 9.76. The van der Waals surface area contributed by atoms with E-state index in [-0.39, 0.29) is 11.3 Å². The molecule has 2 saturated heterocycles. The van der Waals surface area contributed by atoms with Gasteiger partial charge in [-0.25, -0.2) is 9.97 Å². The number of likely N-dealkylation sites (tertiary alicyclic amines) is 1. The number of nitrogens with one attached hydrogen (secondary N) is 2. The van der Waals surface area contributed by atoms with Gasteiger partial charge in [-0.15, -0.1) is 11.3 Å². The zero-order valence-corrected chi connectivity index (χ0v) is 18.4. The zero-order chi connectivity index (χ0) is 20.6. The SMILES string of the molecule is O=C([C@H]1CCc2c(sc3ncnc(Nc4ccc5[nH]sc5c4)c23)C1)N1CC2(COC2)C1. The molecule has 4 aromatic rings. The monoisotopic (exact) mass is 451 g/mol. The number of anilines is 2. The van der Waals surface area contributed by atoms with Crippen molar-refractivity contribution in [2.24, 2.45) is 11.3 Å². The highest BCUT2D eigenvalue weighted by Crippen LogP contribution is 2.43. The van der Waals surface area contributed by atoms with Gasteiger partial charge in [-0.2, -0.15) is 0 Å². The topological polar surface area (TPSA) is 83.1 Å². The quantitative estimate of drug-likeness (QED) is 0.493. The molecule has 9 heteroatoms. The van der Waals surface area contributed by atoms with E-state index in [0.29, 0.717) is 5.91 Å². The Morgan fingerprint density at radius 2 is 2.19 bits per heavy atom. The summed E-state index contributed by atoms with van der Waals surface area (Å²) >= 11 is 3.36. The number of ether oxygens (including phenoxy) is 1. The van der Waals surface area contributed by atoms with Crippen LogP contribution in [0.1, 0.15) is 16.9 Å². The van der Waals surface area contributed by atoms with Gasteiger partial charge < -0.3 is 19.3 Å². The van der Waals surface area contributed by atoms with Gasteiger partial charge >= 0.3 is 0 Å². The number of hydrogen-bond acceptors (Lipinski definition) is 7. The van der Waals surface area contributed by atoms with Crippen LogP contribution in [-0.2, 0) is 22.4 Å². The number of nitrogens with zero attached hydrogens (tertiary/aromatic N) is 3. The van der Waals surface area contributed by atoms with Gasteiger partial charge in [-0.1, -0.05) is 11.5 Å². The van der Waals surface area contributed by atoms with Crippen LogP contribution in [0.15, 0.2) is 24.5 Å². The van der Waals surface area contributed by atoms with Crippen molar-refractivity contribution >= 4 is 60.7 Å². The molecule has 2 N–H and O–H groups in total. The third-order valence-corrected chi connectivity index (χ3v) is 8.93. The summed E-state index contributed by atoms with van der Waals surface area (Å²) in [6.45, 7) is 3.37. The smallest absolute Gasteiger partial charge is 0.226 e. The summed E-state index contributed by atoms with van der Waals surface area (Å²) in [5.41, 5.74) is 3.80. The lowest BCUT2D eigenvalue weighted by Crippen LogP contribution is -2.68. The number of aryl methyl sites for hydroxylation is 1. The lowest BCUT2D eigenvalue weighted by Gasteiger charge is -2.55. The second-order valence-electron chi connectivity index (χ2n) is 9.07. The minimum Gasteiger partial charge on any atom is -0.380 e. The van der Waals surface area contributed by atoms with E-state index in [9.17, 15) is 4.79 Å². The number of benzene rings is 1. The first-order valence-electron chi connectivity index (χ1n) is 10.6. The molecule has 3 aliphatic rings. The molecule has 2 aliphatic heterocycles. The molecule has 1 amide bonds. The predicted molar refractivity (Wildman–Crippen MR) is 122 cm³/mol. The van der Waals surface area contributed by atoms with E-state index in [0.717, 1.165) is 67.3 Å². The Bertz CT molecular complexity index is 1330. The van der Waals surface area contributed by atoms with Crippen LogP contribution in [-0.4, -0.2) is 51.5 Å². The van der Waals surface area contributed by atoms with Crippen LogP contribution in [0.2, 0.25) is 0 Å². The molecule has 7 nitrogen and oxygen atoms in total. The summed E-state index contributed by atoms with van der Waals surface area (Å²) in [4.78, 5) is 26.5. The van der Waals surface area contributed by atoms with Crippen LogP contribution in [0, 0.1) is 11.3 Å². The van der Waals surface area contributed by atoms with Crippen LogP contribution in [0.5, 0.6) is 0 Å². The standard InChI is InChI=1S/C22H21N5O2S2/c28-21(27-7-22(8-27)9-29-10-22)12-1-3-14-16(5-12)30-20-18(14)19(23-11-24-20)25-13-2-4-15-17(6-13)31-26-15/h2,4,6,11-12,26H,1,3,5,7-10H2,(H,23,24,25)/t12-/m0/s1. The number of hydrogen-bond donors (Lipinski definition) is 2. The van der Waals surface area contributed by atoms with Gasteiger partial charge in [0.25, 0.3) is 0 Å². The van der Waals surface area contributed by atoms with Crippen molar-refractivity contribution in [1.82, 2.24) is 19.2 Å². The fraction of sp³-hybridized carbons (Fsp3) is 0.409. The number of thiophene rings is 1. The molecule has 5 heterocycles. The average Bonchev–Trinajstić information content (AvgIpc) is 3.06. The second kappa shape index (κ2) is 6.51. The summed E-state index contributed by atoms with van der Waals surface area (Å²) in [6, 6.07) is 6.30. The Hall–Kier alpha value is -2.49. The molecule has 0 radical (unpaired) electrons. The van der Waals surface area contributed by atoms with Crippen LogP contribution >= 0.6 is 22.9 Å². The van der Waals surface area contributed by atoms with Crippen molar-refractivity contribution < 1.29 is 9.53 Å². The molecule has 31 heavy (non-hydrogen) atoms. The molecule has 0 unspecified atom stereocenters. The Labute approximate surface area is 186 Å². The Morgan fingerprint density at radius 1 is 1.29 bits per heavy atom. The molecule has 3 aromatic heterocycles. The van der Waals surface area contributed by atoms with Crippen molar-refractivity contribution in [3.63, 3.8) is 0 Å². The van der Waals surface area contributed by atoms with Gasteiger partial charge in [-0.3, -0.25) is 4.79 Å². The lowest BCUT2D eigenvalue weighted by molar-refractivity contribution is -0.197. The van der Waals surface area contributed by atoms with Crippen LogP contribution in [0.4, 0.5) is 11.5 Å². The van der Waals surface area contributed by atoms with E-state index < -0.39 is 0 Å². The first kappa shape index (κ1) is 18.1. The van der Waals surface area contributed by atoms with Crippen molar-refractivity contribution in [3.8, 4) is 0 Å². The van der Waals surface area contributed by atoms with E-state index in [1.807, 2.05) is 4.90 Å². The summed E-state index contributed by atoms with van der Waals surface area (Å²) < 4.78 is 9.80. The highest BCUT2D eigenvalue weighted by atomic mass is 32.1. The molecule has 1 aromatic carbocycles. The molecule has 1 atom stereocenters. The maximum Gasteiger partial charge on any atom is 0.226 e. The largest absolute Gasteiger partial charge is 0.380 e. The van der Waals surface area contributed by atoms with E-state index >= 15 is 0 Å². The van der Waals surface area contributed by atoms with Crippen LogP contribution in [0.25, 0.3) is 20.4 Å². The predicted octanol–water partition coefficient (Wildman–Crippen LogP) is 3.94. The van der Waals surface area contributed by atoms with Crippen molar-refractivity contribution in [2.75, 3.05) is 31.6 Å². The Balaban J connectivity index is 1.15. The number of H-pyrrole nitrogens is 1. The molecule has 0 saturated carbocycles. The molecular weight excluding hydrogens is 430 g/mol. The summed E-state index contributed by atoms with van der Waals surface area (Å²) in [6.07, 6.45) is 4.25. The van der Waals surface area contributed by atoms with Gasteiger partial charge in [0.15, 0.2) is 0 Å². The van der Waals surface area contributed by atoms with Crippen LogP contribution in [0.3, 0.4) is 0 Å². The van der Waals surface area contributed by atoms with Crippen LogP contribution < -0.4 is 5.32 Å². The summed E-state index contributed by atoms with van der Waals surface area (Å²) in [5, 5.41) is 4.63. The minimum atomic E-state index is 0.0840. The van der Waals surface area contributed by atoms with E-state index in [4.69, 9.17) is 4.74 Å². The van der Waals surface area contributed by atoms with E-state index in [1.54, 1.807) is 29.2 Å². The normalized spacial score (nSPS) is 21.8. The first-order chi connectivity index (χ1) is 15.2. The highest BCUT2D eigenvalue weighted by Gasteiger charge is 2.51. The van der Waals surface area contributed by atoms with E-state index in [1.165, 1.54) is 20.7 Å². The Morgan fingerprint density at radius 3 is 2.94 bits per heavy atom. The van der Waals surface area contributed by atoms with Gasteiger partial charge in [0.2, 0.25) is 5.91 Å². The first-order valence-corrected chi connectivity index (χ1v) is 12.3. The molecular formula is C22H21N5O2S2. The molecule has 0 bridgehead atoms. The fourth-order valence-electron chi connectivity index (χ4n) is 5.14. The number of aromatic amines is 1. The fourth-order valence-corrected chi connectivity index (χ4v) is 7.06. The Kier molecular flexibility index (Phi) is 3.80. The minimum absolute atomic E-state index is 0.0840. The van der Waals surface area contributed by atoms with Crippen molar-refractivity contribution in [1.29, 1.82) is 0 Å². The molecule has 1 spiro atoms. The number of amides is 1. The second-order valence-corrected chi connectivity index (χ2v) is 11.0. The third kappa shape index (κ3) is 2.76. The highest BCUT2D eigenvalue weighted by molar-refractivity contribution is 7.19. The van der Waals surface area contributed by atoms with Crippen molar-refractivity contribution in [3.05, 3.63) is 35.0 Å². The van der Waals surface area contributed by atoms with Gasteiger partial charge in [0.05, 0.1) is 34.2 Å². The van der Waals surface area contributed by atoms with Gasteiger partial charge in [0.1, 0.15) is 17.0 Å². The molecule has 7 rings (SSSR count).